The number of esters is 1. The Labute approximate surface area is 193 Å². The monoisotopic (exact) mass is 458 g/mol. The molecule has 178 valence electrons. The molecule has 9 nitrogen and oxygen atoms in total. The molecule has 0 aliphatic heterocycles. The second-order valence-electron chi connectivity index (χ2n) is 8.57. The lowest BCUT2D eigenvalue weighted by molar-refractivity contribution is -0.144. The van der Waals surface area contributed by atoms with Crippen LogP contribution in [0.2, 0.25) is 0 Å². The molecule has 2 atom stereocenters. The zero-order valence-electron chi connectivity index (χ0n) is 19.6. The normalized spacial score (nSPS) is 12.6. The Hall–Kier alpha value is -3.53. The third-order valence-corrected chi connectivity index (χ3v) is 4.09. The number of aliphatic hydroxyl groups excluding tert-OH is 2. The fraction of sp³-hybridized carbons (Fsp3) is 0.458. The van der Waals surface area contributed by atoms with E-state index in [0.717, 1.165) is 0 Å². The summed E-state index contributed by atoms with van der Waals surface area (Å²) in [5.74, 6) is 8.73. The summed E-state index contributed by atoms with van der Waals surface area (Å²) in [6.07, 6.45) is -1.89. The summed E-state index contributed by atoms with van der Waals surface area (Å²) < 4.78 is 10.0. The van der Waals surface area contributed by atoms with Crippen LogP contribution < -0.4 is 10.6 Å². The Balaban J connectivity index is 2.96. The molecule has 0 heterocycles. The van der Waals surface area contributed by atoms with Crippen LogP contribution in [-0.4, -0.2) is 65.2 Å². The predicted octanol–water partition coefficient (Wildman–Crippen LogP) is 0.969. The molecule has 0 saturated carbocycles. The molecule has 33 heavy (non-hydrogen) atoms. The van der Waals surface area contributed by atoms with Crippen molar-refractivity contribution in [3.05, 3.63) is 35.4 Å². The van der Waals surface area contributed by atoms with Crippen LogP contribution >= 0.6 is 0 Å². The van der Waals surface area contributed by atoms with Crippen LogP contribution in [0.4, 0.5) is 4.79 Å². The largest absolute Gasteiger partial charge is 0.467 e. The van der Waals surface area contributed by atoms with Crippen LogP contribution in [0.1, 0.15) is 50.5 Å². The van der Waals surface area contributed by atoms with Crippen molar-refractivity contribution in [2.24, 2.45) is 0 Å². The summed E-state index contributed by atoms with van der Waals surface area (Å²) in [5.41, 5.74) is -1.15. The van der Waals surface area contributed by atoms with E-state index in [1.54, 1.807) is 46.8 Å². The SMILES string of the molecule is COC(=O)[C@@H](NC(=O)c1ccc(C#CC#C[C@@H](O)CO)cc1)C(C)(C)NC(=O)OC(C)(C)C. The lowest BCUT2D eigenvalue weighted by atomic mass is 9.94. The third kappa shape index (κ3) is 9.65. The number of hydrogen-bond donors (Lipinski definition) is 4. The third-order valence-electron chi connectivity index (χ3n) is 4.09. The fourth-order valence-corrected chi connectivity index (χ4v) is 2.48. The van der Waals surface area contributed by atoms with Crippen molar-refractivity contribution >= 4 is 18.0 Å². The zero-order valence-corrected chi connectivity index (χ0v) is 19.6. The van der Waals surface area contributed by atoms with E-state index in [0.29, 0.717) is 5.56 Å². The smallest absolute Gasteiger partial charge is 0.408 e. The first-order valence-electron chi connectivity index (χ1n) is 10.1. The highest BCUT2D eigenvalue weighted by atomic mass is 16.6. The number of carbonyl (C=O) groups excluding carboxylic acids is 3. The van der Waals surface area contributed by atoms with Crippen molar-refractivity contribution in [2.75, 3.05) is 13.7 Å². The summed E-state index contributed by atoms with van der Waals surface area (Å²) in [6, 6.07) is 5.00. The van der Waals surface area contributed by atoms with Gasteiger partial charge < -0.3 is 30.3 Å². The highest BCUT2D eigenvalue weighted by Crippen LogP contribution is 2.15. The minimum absolute atomic E-state index is 0.254. The van der Waals surface area contributed by atoms with Crippen LogP contribution in [0, 0.1) is 23.7 Å². The number of ether oxygens (including phenoxy) is 2. The highest BCUT2D eigenvalue weighted by Gasteiger charge is 2.39. The van der Waals surface area contributed by atoms with Gasteiger partial charge in [0, 0.05) is 11.1 Å². The average molecular weight is 459 g/mol. The van der Waals surface area contributed by atoms with Crippen molar-refractivity contribution in [1.82, 2.24) is 10.6 Å². The van der Waals surface area contributed by atoms with Gasteiger partial charge in [0.05, 0.1) is 19.3 Å². The van der Waals surface area contributed by atoms with E-state index < -0.39 is 47.9 Å². The number of nitrogens with one attached hydrogen (secondary N) is 2. The van der Waals surface area contributed by atoms with Crippen molar-refractivity contribution in [1.29, 1.82) is 0 Å². The molecule has 1 rings (SSSR count). The molecule has 0 fully saturated rings. The Morgan fingerprint density at radius 1 is 1.06 bits per heavy atom. The van der Waals surface area contributed by atoms with Crippen LogP contribution in [0.3, 0.4) is 0 Å². The molecule has 9 heteroatoms. The topological polar surface area (TPSA) is 134 Å². The number of hydrogen-bond acceptors (Lipinski definition) is 7. The van der Waals surface area contributed by atoms with Crippen LogP contribution in [0.5, 0.6) is 0 Å². The number of methoxy groups -OCH3 is 1. The lowest BCUT2D eigenvalue weighted by Gasteiger charge is -2.34. The zero-order chi connectivity index (χ0) is 25.2. The molecule has 0 unspecified atom stereocenters. The molecule has 0 aliphatic carbocycles. The van der Waals surface area contributed by atoms with E-state index in [9.17, 15) is 14.4 Å². The maximum atomic E-state index is 12.7. The molecule has 4 N–H and O–H groups in total. The molecule has 2 amide bonds. The number of rotatable bonds is 6. The number of aliphatic hydroxyl groups is 2. The van der Waals surface area contributed by atoms with Crippen LogP contribution in [0.15, 0.2) is 24.3 Å². The number of carbonyl (C=O) groups is 3. The van der Waals surface area contributed by atoms with Gasteiger partial charge >= 0.3 is 12.1 Å². The van der Waals surface area contributed by atoms with Gasteiger partial charge in [-0.2, -0.15) is 0 Å². The molecule has 1 aromatic carbocycles. The van der Waals surface area contributed by atoms with E-state index in [2.05, 4.69) is 34.3 Å². The molecular formula is C24H30N2O7. The van der Waals surface area contributed by atoms with E-state index in [4.69, 9.17) is 19.7 Å². The van der Waals surface area contributed by atoms with Crippen molar-refractivity contribution < 1.29 is 34.1 Å². The van der Waals surface area contributed by atoms with Crippen molar-refractivity contribution in [2.45, 2.75) is 57.9 Å². The van der Waals surface area contributed by atoms with Crippen molar-refractivity contribution in [3.8, 4) is 23.7 Å². The van der Waals surface area contributed by atoms with Gasteiger partial charge in [0.15, 0.2) is 0 Å². The molecular weight excluding hydrogens is 428 g/mol. The lowest BCUT2D eigenvalue weighted by Crippen LogP contribution is -2.62. The predicted molar refractivity (Wildman–Crippen MR) is 121 cm³/mol. The van der Waals surface area contributed by atoms with Crippen LogP contribution in [-0.2, 0) is 14.3 Å². The summed E-state index contributed by atoms with van der Waals surface area (Å²) in [4.78, 5) is 37.3. The minimum atomic E-state index is -1.23. The molecule has 0 aliphatic rings. The Kier molecular flexibility index (Phi) is 9.93. The summed E-state index contributed by atoms with van der Waals surface area (Å²) in [7, 11) is 1.18. The second kappa shape index (κ2) is 11.9. The molecule has 0 aromatic heterocycles. The molecule has 1 aromatic rings. The Morgan fingerprint density at radius 2 is 1.67 bits per heavy atom. The molecule has 0 saturated heterocycles. The number of benzene rings is 1. The molecule has 0 spiro atoms. The van der Waals surface area contributed by atoms with E-state index >= 15 is 0 Å². The summed E-state index contributed by atoms with van der Waals surface area (Å²) in [5, 5.41) is 23.0. The minimum Gasteiger partial charge on any atom is -0.467 e. The van der Waals surface area contributed by atoms with Crippen molar-refractivity contribution in [3.63, 3.8) is 0 Å². The van der Waals surface area contributed by atoms with Gasteiger partial charge in [-0.15, -0.1) is 0 Å². The highest BCUT2D eigenvalue weighted by molar-refractivity contribution is 5.97. The Bertz CT molecular complexity index is 971. The van der Waals surface area contributed by atoms with Crippen LogP contribution in [0.25, 0.3) is 0 Å². The first kappa shape index (κ1) is 27.5. The van der Waals surface area contributed by atoms with Gasteiger partial charge in [-0.1, -0.05) is 11.8 Å². The van der Waals surface area contributed by atoms with Gasteiger partial charge in [-0.25, -0.2) is 9.59 Å². The maximum absolute atomic E-state index is 12.7. The first-order valence-corrected chi connectivity index (χ1v) is 10.1. The quantitative estimate of drug-likeness (QED) is 0.369. The van der Waals surface area contributed by atoms with Gasteiger partial charge in [0.1, 0.15) is 17.7 Å². The van der Waals surface area contributed by atoms with E-state index in [-0.39, 0.29) is 5.56 Å². The summed E-state index contributed by atoms with van der Waals surface area (Å²) in [6.45, 7) is 7.77. The molecule has 0 bridgehead atoms. The second-order valence-corrected chi connectivity index (χ2v) is 8.57. The standard InChI is InChI=1S/C24H30N2O7/c1-23(2,3)33-22(31)26-24(4,5)19(21(30)32-6)25-20(29)17-13-11-16(12-14-17)9-7-8-10-18(28)15-27/h11-14,18-19,27-28H,15H2,1-6H3,(H,25,29)(H,26,31)/t18-,19-/m1/s1. The van der Waals surface area contributed by atoms with Gasteiger partial charge in [0.25, 0.3) is 5.91 Å². The number of amides is 2. The summed E-state index contributed by atoms with van der Waals surface area (Å²) >= 11 is 0. The van der Waals surface area contributed by atoms with E-state index in [1.807, 2.05) is 0 Å². The van der Waals surface area contributed by atoms with Gasteiger partial charge in [0.2, 0.25) is 0 Å². The van der Waals surface area contributed by atoms with Gasteiger partial charge in [-0.3, -0.25) is 4.79 Å². The maximum Gasteiger partial charge on any atom is 0.408 e. The first-order chi connectivity index (χ1) is 15.3. The number of alkyl carbamates (subject to hydrolysis) is 1. The van der Waals surface area contributed by atoms with Gasteiger partial charge in [-0.05, 0) is 70.7 Å². The average Bonchev–Trinajstić information content (AvgIpc) is 2.72. The molecule has 0 radical (unpaired) electrons. The fourth-order valence-electron chi connectivity index (χ4n) is 2.48. The van der Waals surface area contributed by atoms with E-state index in [1.165, 1.54) is 19.2 Å². The Morgan fingerprint density at radius 3 is 2.18 bits per heavy atom.